The van der Waals surface area contributed by atoms with Gasteiger partial charge in [0.15, 0.2) is 0 Å². The maximum atomic E-state index is 5.56. The number of hydrogen-bond acceptors (Lipinski definition) is 3. The van der Waals surface area contributed by atoms with Crippen LogP contribution in [0.3, 0.4) is 0 Å². The standard InChI is InChI=1S/C14H16N2S/c15-8-7-11-9-17-14(16-11)13-6-5-10-3-1-2-4-12(10)13/h1-4,9,13H,5-8,15H2. The van der Waals surface area contributed by atoms with Gasteiger partial charge in [-0.2, -0.15) is 0 Å². The van der Waals surface area contributed by atoms with Gasteiger partial charge in [0.25, 0.3) is 0 Å². The van der Waals surface area contributed by atoms with Gasteiger partial charge in [0, 0.05) is 17.7 Å². The molecule has 1 aliphatic rings. The highest BCUT2D eigenvalue weighted by atomic mass is 32.1. The normalized spacial score (nSPS) is 18.3. The molecule has 1 heterocycles. The Labute approximate surface area is 106 Å². The minimum Gasteiger partial charge on any atom is -0.330 e. The summed E-state index contributed by atoms with van der Waals surface area (Å²) >= 11 is 1.78. The molecule has 0 fully saturated rings. The summed E-state index contributed by atoms with van der Waals surface area (Å²) in [7, 11) is 0. The predicted molar refractivity (Wildman–Crippen MR) is 71.5 cm³/mol. The average Bonchev–Trinajstić information content (AvgIpc) is 2.95. The summed E-state index contributed by atoms with van der Waals surface area (Å²) in [6.07, 6.45) is 3.28. The van der Waals surface area contributed by atoms with Crippen molar-refractivity contribution in [3.63, 3.8) is 0 Å². The zero-order valence-electron chi connectivity index (χ0n) is 9.73. The highest BCUT2D eigenvalue weighted by molar-refractivity contribution is 7.09. The van der Waals surface area contributed by atoms with Crippen molar-refractivity contribution < 1.29 is 0 Å². The third-order valence-corrected chi connectivity index (χ3v) is 4.41. The van der Waals surface area contributed by atoms with Crippen molar-refractivity contribution in [1.82, 2.24) is 4.98 Å². The molecule has 0 saturated heterocycles. The molecule has 2 N–H and O–H groups in total. The van der Waals surface area contributed by atoms with E-state index in [-0.39, 0.29) is 0 Å². The van der Waals surface area contributed by atoms with E-state index in [2.05, 4.69) is 29.6 Å². The summed E-state index contributed by atoms with van der Waals surface area (Å²) in [6, 6.07) is 8.75. The number of aromatic nitrogens is 1. The lowest BCUT2D eigenvalue weighted by atomic mass is 10.0. The molecule has 3 rings (SSSR count). The van der Waals surface area contributed by atoms with Gasteiger partial charge in [-0.05, 0) is 30.5 Å². The van der Waals surface area contributed by atoms with E-state index in [1.807, 2.05) is 0 Å². The maximum absolute atomic E-state index is 5.56. The molecule has 0 bridgehead atoms. The van der Waals surface area contributed by atoms with Crippen LogP contribution in [0.25, 0.3) is 0 Å². The van der Waals surface area contributed by atoms with Crippen LogP contribution in [0.4, 0.5) is 0 Å². The molecule has 17 heavy (non-hydrogen) atoms. The molecule has 0 spiro atoms. The van der Waals surface area contributed by atoms with Crippen molar-refractivity contribution in [2.24, 2.45) is 5.73 Å². The van der Waals surface area contributed by atoms with Crippen LogP contribution < -0.4 is 5.73 Å². The van der Waals surface area contributed by atoms with E-state index < -0.39 is 0 Å². The quantitative estimate of drug-likeness (QED) is 0.901. The number of nitrogens with zero attached hydrogens (tertiary/aromatic N) is 1. The molecule has 0 aliphatic heterocycles. The fourth-order valence-corrected chi connectivity index (χ4v) is 3.57. The molecule has 88 valence electrons. The average molecular weight is 244 g/mol. The first-order valence-electron chi connectivity index (χ1n) is 6.10. The highest BCUT2D eigenvalue weighted by Gasteiger charge is 2.25. The molecule has 2 aromatic rings. The van der Waals surface area contributed by atoms with Crippen LogP contribution in [0.5, 0.6) is 0 Å². The van der Waals surface area contributed by atoms with Gasteiger partial charge in [0.1, 0.15) is 5.01 Å². The first-order chi connectivity index (χ1) is 8.38. The molecule has 0 amide bonds. The monoisotopic (exact) mass is 244 g/mol. The van der Waals surface area contributed by atoms with E-state index in [4.69, 9.17) is 10.7 Å². The second-order valence-corrected chi connectivity index (χ2v) is 5.40. The summed E-state index contributed by atoms with van der Waals surface area (Å²) in [5.74, 6) is 0.516. The lowest BCUT2D eigenvalue weighted by Gasteiger charge is -2.07. The Bertz CT molecular complexity index is 518. The van der Waals surface area contributed by atoms with E-state index >= 15 is 0 Å². The fourth-order valence-electron chi connectivity index (χ4n) is 2.56. The van der Waals surface area contributed by atoms with Gasteiger partial charge in [0.05, 0.1) is 5.69 Å². The molecular formula is C14H16N2S. The summed E-state index contributed by atoms with van der Waals surface area (Å²) < 4.78 is 0. The molecule has 2 nitrogen and oxygen atoms in total. The number of thiazole rings is 1. The van der Waals surface area contributed by atoms with E-state index in [1.54, 1.807) is 11.3 Å². The maximum Gasteiger partial charge on any atom is 0.100 e. The van der Waals surface area contributed by atoms with Gasteiger partial charge in [-0.25, -0.2) is 4.98 Å². The molecule has 0 saturated carbocycles. The summed E-state index contributed by atoms with van der Waals surface area (Å²) in [4.78, 5) is 4.72. The van der Waals surface area contributed by atoms with Crippen LogP contribution in [-0.4, -0.2) is 11.5 Å². The number of benzene rings is 1. The largest absolute Gasteiger partial charge is 0.330 e. The summed E-state index contributed by atoms with van der Waals surface area (Å²) in [5.41, 5.74) is 9.68. The van der Waals surface area contributed by atoms with Crippen molar-refractivity contribution in [2.75, 3.05) is 6.54 Å². The Morgan fingerprint density at radius 2 is 2.24 bits per heavy atom. The van der Waals surface area contributed by atoms with Crippen LogP contribution in [-0.2, 0) is 12.8 Å². The van der Waals surface area contributed by atoms with E-state index in [0.29, 0.717) is 12.5 Å². The number of fused-ring (bicyclic) bond motifs is 1. The Kier molecular flexibility index (Phi) is 2.95. The van der Waals surface area contributed by atoms with Gasteiger partial charge < -0.3 is 5.73 Å². The summed E-state index contributed by atoms with van der Waals surface area (Å²) in [6.45, 7) is 0.685. The van der Waals surface area contributed by atoms with Crippen molar-refractivity contribution in [3.05, 3.63) is 51.5 Å². The third-order valence-electron chi connectivity index (χ3n) is 3.40. The second-order valence-electron chi connectivity index (χ2n) is 4.51. The molecule has 1 aromatic heterocycles. The van der Waals surface area contributed by atoms with Crippen LogP contribution in [0.1, 0.15) is 34.2 Å². The van der Waals surface area contributed by atoms with Crippen LogP contribution in [0.2, 0.25) is 0 Å². The van der Waals surface area contributed by atoms with E-state index in [9.17, 15) is 0 Å². The van der Waals surface area contributed by atoms with Gasteiger partial charge in [-0.3, -0.25) is 0 Å². The van der Waals surface area contributed by atoms with Crippen LogP contribution in [0, 0.1) is 0 Å². The van der Waals surface area contributed by atoms with Crippen molar-refractivity contribution in [2.45, 2.75) is 25.2 Å². The Hall–Kier alpha value is -1.19. The Balaban J connectivity index is 1.90. The van der Waals surface area contributed by atoms with Gasteiger partial charge >= 0.3 is 0 Å². The smallest absolute Gasteiger partial charge is 0.100 e. The number of nitrogens with two attached hydrogens (primary N) is 1. The molecular weight excluding hydrogens is 228 g/mol. The minimum absolute atomic E-state index is 0.516. The zero-order valence-corrected chi connectivity index (χ0v) is 10.5. The SMILES string of the molecule is NCCc1csc(C2CCc3ccccc32)n1. The Morgan fingerprint density at radius 1 is 1.35 bits per heavy atom. The molecule has 1 aromatic carbocycles. The number of aryl methyl sites for hydroxylation is 1. The lowest BCUT2D eigenvalue weighted by molar-refractivity contribution is 0.772. The molecule has 3 heteroatoms. The first-order valence-corrected chi connectivity index (χ1v) is 6.98. The van der Waals surface area contributed by atoms with Gasteiger partial charge in [-0.15, -0.1) is 11.3 Å². The number of rotatable bonds is 3. The lowest BCUT2D eigenvalue weighted by Crippen LogP contribution is -2.03. The second kappa shape index (κ2) is 4.59. The zero-order chi connectivity index (χ0) is 11.7. The van der Waals surface area contributed by atoms with E-state index in [1.165, 1.54) is 29.0 Å². The Morgan fingerprint density at radius 3 is 3.12 bits per heavy atom. The van der Waals surface area contributed by atoms with E-state index in [0.717, 1.165) is 12.1 Å². The first kappa shape index (κ1) is 10.9. The topological polar surface area (TPSA) is 38.9 Å². The summed E-state index contributed by atoms with van der Waals surface area (Å²) in [5, 5.41) is 3.42. The number of hydrogen-bond donors (Lipinski definition) is 1. The van der Waals surface area contributed by atoms with Crippen molar-refractivity contribution >= 4 is 11.3 Å². The highest BCUT2D eigenvalue weighted by Crippen LogP contribution is 2.38. The van der Waals surface area contributed by atoms with Crippen LogP contribution >= 0.6 is 11.3 Å². The van der Waals surface area contributed by atoms with Crippen molar-refractivity contribution in [3.8, 4) is 0 Å². The molecule has 1 atom stereocenters. The van der Waals surface area contributed by atoms with Gasteiger partial charge in [-0.1, -0.05) is 24.3 Å². The molecule has 1 aliphatic carbocycles. The molecule has 0 radical (unpaired) electrons. The van der Waals surface area contributed by atoms with Gasteiger partial charge in [0.2, 0.25) is 0 Å². The van der Waals surface area contributed by atoms with Crippen molar-refractivity contribution in [1.29, 1.82) is 0 Å². The molecule has 1 unspecified atom stereocenters. The minimum atomic E-state index is 0.516. The fraction of sp³-hybridized carbons (Fsp3) is 0.357. The van der Waals surface area contributed by atoms with Crippen LogP contribution in [0.15, 0.2) is 29.6 Å². The third kappa shape index (κ3) is 2.01. The predicted octanol–water partition coefficient (Wildman–Crippen LogP) is 2.72.